The molecule has 1 aromatic heterocycles. The van der Waals surface area contributed by atoms with E-state index in [2.05, 4.69) is 10.4 Å². The molecule has 0 unspecified atom stereocenters. The lowest BCUT2D eigenvalue weighted by molar-refractivity contribution is 0.102. The molecular formula is C20H20ClN3O2. The molecule has 0 saturated carbocycles. The zero-order valence-electron chi connectivity index (χ0n) is 14.9. The van der Waals surface area contributed by atoms with Crippen molar-refractivity contribution in [2.24, 2.45) is 0 Å². The summed E-state index contributed by atoms with van der Waals surface area (Å²) in [4.78, 5) is 12.4. The molecule has 6 heteroatoms. The van der Waals surface area contributed by atoms with Crippen LogP contribution in [0.4, 0.5) is 5.69 Å². The first-order valence-electron chi connectivity index (χ1n) is 8.23. The molecule has 2 aromatic carbocycles. The summed E-state index contributed by atoms with van der Waals surface area (Å²) in [6.45, 7) is 6.06. The number of aromatic nitrogens is 2. The Bertz CT molecular complexity index is 950. The third kappa shape index (κ3) is 4.24. The third-order valence-electron chi connectivity index (χ3n) is 4.01. The molecule has 0 aliphatic carbocycles. The van der Waals surface area contributed by atoms with Crippen LogP contribution in [-0.2, 0) is 6.73 Å². The lowest BCUT2D eigenvalue weighted by Crippen LogP contribution is -2.15. The van der Waals surface area contributed by atoms with Gasteiger partial charge in [0.1, 0.15) is 5.75 Å². The summed E-state index contributed by atoms with van der Waals surface area (Å²) in [6, 6.07) is 13.0. The zero-order chi connectivity index (χ0) is 18.7. The van der Waals surface area contributed by atoms with Crippen molar-refractivity contribution in [3.8, 4) is 5.75 Å². The molecule has 26 heavy (non-hydrogen) atoms. The molecule has 0 aliphatic heterocycles. The summed E-state index contributed by atoms with van der Waals surface area (Å²) in [5, 5.41) is 7.86. The van der Waals surface area contributed by atoms with E-state index in [1.54, 1.807) is 29.1 Å². The average molecular weight is 370 g/mol. The Kier molecular flexibility index (Phi) is 5.28. The van der Waals surface area contributed by atoms with Gasteiger partial charge in [0.15, 0.2) is 12.4 Å². The third-order valence-corrected chi connectivity index (χ3v) is 4.43. The second-order valence-electron chi connectivity index (χ2n) is 6.20. The molecule has 0 aliphatic rings. The van der Waals surface area contributed by atoms with Crippen molar-refractivity contribution in [2.45, 2.75) is 27.5 Å². The van der Waals surface area contributed by atoms with Crippen molar-refractivity contribution < 1.29 is 9.53 Å². The highest BCUT2D eigenvalue weighted by Gasteiger charge is 2.11. The lowest BCUT2D eigenvalue weighted by atomic mass is 10.1. The van der Waals surface area contributed by atoms with Crippen molar-refractivity contribution in [3.63, 3.8) is 0 Å². The van der Waals surface area contributed by atoms with Gasteiger partial charge in [0.05, 0.1) is 0 Å². The SMILES string of the molecule is Cc1ccc(C)c(NC(=O)c2ccn(COc3ccc(Cl)c(C)c3)n2)c1. The van der Waals surface area contributed by atoms with Crippen LogP contribution < -0.4 is 10.1 Å². The molecule has 0 bridgehead atoms. The molecule has 0 saturated heterocycles. The van der Waals surface area contributed by atoms with Gasteiger partial charge in [-0.15, -0.1) is 0 Å². The molecule has 1 heterocycles. The van der Waals surface area contributed by atoms with E-state index >= 15 is 0 Å². The quantitative estimate of drug-likeness (QED) is 0.706. The second kappa shape index (κ2) is 7.62. The van der Waals surface area contributed by atoms with Gasteiger partial charge in [-0.25, -0.2) is 4.68 Å². The van der Waals surface area contributed by atoms with Crippen LogP contribution in [0.3, 0.4) is 0 Å². The fourth-order valence-electron chi connectivity index (χ4n) is 2.46. The Morgan fingerprint density at radius 1 is 1.12 bits per heavy atom. The molecule has 134 valence electrons. The van der Waals surface area contributed by atoms with Gasteiger partial charge in [-0.2, -0.15) is 5.10 Å². The number of carbonyl (C=O) groups is 1. The fourth-order valence-corrected chi connectivity index (χ4v) is 2.58. The largest absolute Gasteiger partial charge is 0.471 e. The molecule has 3 rings (SSSR count). The van der Waals surface area contributed by atoms with Crippen molar-refractivity contribution in [3.05, 3.63) is 76.1 Å². The maximum absolute atomic E-state index is 12.4. The van der Waals surface area contributed by atoms with Crippen LogP contribution in [0.25, 0.3) is 0 Å². The highest BCUT2D eigenvalue weighted by Crippen LogP contribution is 2.21. The number of rotatable bonds is 5. The zero-order valence-corrected chi connectivity index (χ0v) is 15.7. The van der Waals surface area contributed by atoms with Gasteiger partial charge in [-0.05, 0) is 67.8 Å². The molecular weight excluding hydrogens is 350 g/mol. The van der Waals surface area contributed by atoms with Gasteiger partial charge in [0.25, 0.3) is 5.91 Å². The molecule has 0 atom stereocenters. The Labute approximate surface area is 157 Å². The minimum atomic E-state index is -0.250. The van der Waals surface area contributed by atoms with E-state index in [1.165, 1.54) is 0 Å². The van der Waals surface area contributed by atoms with E-state index in [0.29, 0.717) is 16.5 Å². The average Bonchev–Trinajstić information content (AvgIpc) is 3.08. The second-order valence-corrected chi connectivity index (χ2v) is 6.60. The van der Waals surface area contributed by atoms with Crippen LogP contribution in [0.15, 0.2) is 48.7 Å². The summed E-state index contributed by atoms with van der Waals surface area (Å²) in [5.74, 6) is 0.448. The van der Waals surface area contributed by atoms with Gasteiger partial charge < -0.3 is 10.1 Å². The summed E-state index contributed by atoms with van der Waals surface area (Å²) < 4.78 is 7.26. The monoisotopic (exact) mass is 369 g/mol. The van der Waals surface area contributed by atoms with Crippen LogP contribution in [0, 0.1) is 20.8 Å². The number of hydrogen-bond donors (Lipinski definition) is 1. The predicted molar refractivity (Wildman–Crippen MR) is 103 cm³/mol. The van der Waals surface area contributed by atoms with Crippen LogP contribution in [0.5, 0.6) is 5.75 Å². The molecule has 3 aromatic rings. The van der Waals surface area contributed by atoms with Gasteiger partial charge in [-0.3, -0.25) is 4.79 Å². The number of ether oxygens (including phenoxy) is 1. The van der Waals surface area contributed by atoms with E-state index in [4.69, 9.17) is 16.3 Å². The highest BCUT2D eigenvalue weighted by molar-refractivity contribution is 6.31. The minimum Gasteiger partial charge on any atom is -0.471 e. The maximum atomic E-state index is 12.4. The van der Waals surface area contributed by atoms with E-state index in [-0.39, 0.29) is 12.6 Å². The van der Waals surface area contributed by atoms with Crippen molar-refractivity contribution >= 4 is 23.2 Å². The van der Waals surface area contributed by atoms with E-state index in [1.807, 2.05) is 45.0 Å². The predicted octanol–water partition coefficient (Wildman–Crippen LogP) is 4.75. The maximum Gasteiger partial charge on any atom is 0.276 e. The van der Waals surface area contributed by atoms with E-state index in [0.717, 1.165) is 22.4 Å². The number of anilines is 1. The Morgan fingerprint density at radius 2 is 1.92 bits per heavy atom. The molecule has 0 spiro atoms. The van der Waals surface area contributed by atoms with Crippen molar-refractivity contribution in [2.75, 3.05) is 5.32 Å². The standard InChI is InChI=1S/C20H20ClN3O2/c1-13-4-5-14(2)19(10-13)22-20(25)18-8-9-24(23-18)12-26-16-6-7-17(21)15(3)11-16/h4-11H,12H2,1-3H3,(H,22,25). The van der Waals surface area contributed by atoms with Crippen LogP contribution in [-0.4, -0.2) is 15.7 Å². The summed E-state index contributed by atoms with van der Waals surface area (Å²) in [7, 11) is 0. The van der Waals surface area contributed by atoms with Crippen molar-refractivity contribution in [1.29, 1.82) is 0 Å². The molecule has 1 N–H and O–H groups in total. The summed E-state index contributed by atoms with van der Waals surface area (Å²) in [6.07, 6.45) is 1.71. The van der Waals surface area contributed by atoms with Crippen LogP contribution in [0.2, 0.25) is 5.02 Å². The first kappa shape index (κ1) is 18.0. The summed E-state index contributed by atoms with van der Waals surface area (Å²) >= 11 is 6.01. The van der Waals surface area contributed by atoms with Gasteiger partial charge in [-0.1, -0.05) is 23.7 Å². The number of hydrogen-bond acceptors (Lipinski definition) is 3. The molecule has 5 nitrogen and oxygen atoms in total. The van der Waals surface area contributed by atoms with Gasteiger partial charge in [0, 0.05) is 16.9 Å². The molecule has 0 radical (unpaired) electrons. The lowest BCUT2D eigenvalue weighted by Gasteiger charge is -2.09. The van der Waals surface area contributed by atoms with Gasteiger partial charge >= 0.3 is 0 Å². The van der Waals surface area contributed by atoms with E-state index in [9.17, 15) is 4.79 Å². The number of carbonyl (C=O) groups excluding carboxylic acids is 1. The summed E-state index contributed by atoms with van der Waals surface area (Å²) in [5.41, 5.74) is 4.16. The Hall–Kier alpha value is -2.79. The molecule has 1 amide bonds. The van der Waals surface area contributed by atoms with Crippen LogP contribution in [0.1, 0.15) is 27.2 Å². The number of amides is 1. The van der Waals surface area contributed by atoms with Gasteiger partial charge in [0.2, 0.25) is 0 Å². The highest BCUT2D eigenvalue weighted by atomic mass is 35.5. The fraction of sp³-hybridized carbons (Fsp3) is 0.200. The minimum absolute atomic E-state index is 0.206. The Balaban J connectivity index is 1.64. The normalized spacial score (nSPS) is 10.6. The number of aryl methyl sites for hydroxylation is 3. The number of benzene rings is 2. The smallest absolute Gasteiger partial charge is 0.276 e. The first-order valence-corrected chi connectivity index (χ1v) is 8.61. The van der Waals surface area contributed by atoms with Crippen LogP contribution >= 0.6 is 11.6 Å². The molecule has 0 fully saturated rings. The van der Waals surface area contributed by atoms with E-state index < -0.39 is 0 Å². The Morgan fingerprint density at radius 3 is 2.69 bits per heavy atom. The first-order chi connectivity index (χ1) is 12.4. The number of halogens is 1. The number of nitrogens with zero attached hydrogens (tertiary/aromatic N) is 2. The topological polar surface area (TPSA) is 56.2 Å². The van der Waals surface area contributed by atoms with Crippen molar-refractivity contribution in [1.82, 2.24) is 9.78 Å². The number of nitrogens with one attached hydrogen (secondary N) is 1.